The molecule has 34 heavy (non-hydrogen) atoms. The molecule has 2 heterocycles. The number of nitrogens with one attached hydrogen (secondary N) is 1. The zero-order chi connectivity index (χ0) is 23.8. The number of rotatable bonds is 9. The van der Waals surface area contributed by atoms with Gasteiger partial charge in [0.1, 0.15) is 18.2 Å². The van der Waals surface area contributed by atoms with E-state index in [4.69, 9.17) is 9.47 Å². The van der Waals surface area contributed by atoms with Crippen LogP contribution in [0.5, 0.6) is 5.75 Å². The molecule has 1 atom stereocenters. The van der Waals surface area contributed by atoms with Gasteiger partial charge in [0.05, 0.1) is 30.0 Å². The first kappa shape index (κ1) is 24.1. The van der Waals surface area contributed by atoms with Crippen LogP contribution in [0.25, 0.3) is 6.08 Å². The number of halogens is 1. The average Bonchev–Trinajstić information content (AvgIpc) is 3.28. The monoisotopic (exact) mass is 481 g/mol. The quantitative estimate of drug-likeness (QED) is 0.460. The highest BCUT2D eigenvalue weighted by atomic mass is 32.1. The third-order valence-electron chi connectivity index (χ3n) is 5.55. The molecule has 6 nitrogen and oxygen atoms in total. The highest BCUT2D eigenvalue weighted by Crippen LogP contribution is 2.22. The van der Waals surface area contributed by atoms with E-state index in [1.807, 2.05) is 36.6 Å². The van der Waals surface area contributed by atoms with Gasteiger partial charge in [0.15, 0.2) is 0 Å². The first-order valence-electron chi connectivity index (χ1n) is 11.2. The van der Waals surface area contributed by atoms with Crippen LogP contribution >= 0.6 is 11.3 Å². The number of benzene rings is 2. The Morgan fingerprint density at radius 2 is 2.06 bits per heavy atom. The lowest BCUT2D eigenvalue weighted by atomic mass is 10.0. The lowest BCUT2D eigenvalue weighted by Crippen LogP contribution is -2.43. The average molecular weight is 482 g/mol. The number of carbonyl (C=O) groups is 1. The Labute approximate surface area is 203 Å². The molecule has 0 saturated carbocycles. The van der Waals surface area contributed by atoms with Crippen molar-refractivity contribution in [2.45, 2.75) is 19.6 Å². The Morgan fingerprint density at radius 1 is 1.26 bits per heavy atom. The van der Waals surface area contributed by atoms with Crippen LogP contribution in [-0.4, -0.2) is 48.6 Å². The van der Waals surface area contributed by atoms with Gasteiger partial charge in [-0.25, -0.2) is 9.37 Å². The fraction of sp³-hybridized carbons (Fsp3) is 0.308. The predicted octanol–water partition coefficient (Wildman–Crippen LogP) is 4.37. The highest BCUT2D eigenvalue weighted by Gasteiger charge is 2.23. The molecule has 0 radical (unpaired) electrons. The third-order valence-corrected chi connectivity index (χ3v) is 6.37. The summed E-state index contributed by atoms with van der Waals surface area (Å²) in [5.74, 6) is 0.255. The molecule has 2 aromatic carbocycles. The van der Waals surface area contributed by atoms with Crippen LogP contribution in [0, 0.1) is 12.7 Å². The topological polar surface area (TPSA) is 63.7 Å². The maximum atomic E-state index is 13.4. The molecule has 0 bridgehead atoms. The zero-order valence-electron chi connectivity index (χ0n) is 19.1. The van der Waals surface area contributed by atoms with Crippen molar-refractivity contribution in [1.82, 2.24) is 15.2 Å². The third kappa shape index (κ3) is 6.96. The van der Waals surface area contributed by atoms with Gasteiger partial charge in [-0.05, 0) is 48.4 Å². The highest BCUT2D eigenvalue weighted by molar-refractivity contribution is 7.09. The Balaban J connectivity index is 1.34. The van der Waals surface area contributed by atoms with Gasteiger partial charge in [0, 0.05) is 31.1 Å². The van der Waals surface area contributed by atoms with Crippen molar-refractivity contribution in [1.29, 1.82) is 0 Å². The fourth-order valence-electron chi connectivity index (χ4n) is 3.80. The van der Waals surface area contributed by atoms with Crippen molar-refractivity contribution in [3.05, 3.63) is 87.6 Å². The maximum Gasteiger partial charge on any atom is 0.244 e. The number of aryl methyl sites for hydroxylation is 1. The van der Waals surface area contributed by atoms with E-state index in [1.54, 1.807) is 29.5 Å². The Kier molecular flexibility index (Phi) is 8.41. The number of amides is 1. The molecular formula is C26H28FN3O3S. The first-order valence-corrected chi connectivity index (χ1v) is 12.1. The van der Waals surface area contributed by atoms with Crippen LogP contribution in [-0.2, 0) is 16.1 Å². The number of hydrogen-bond acceptors (Lipinski definition) is 6. The zero-order valence-corrected chi connectivity index (χ0v) is 19.9. The molecule has 1 N–H and O–H groups in total. The molecule has 4 rings (SSSR count). The number of carbonyl (C=O) groups excluding carboxylic acids is 1. The van der Waals surface area contributed by atoms with Gasteiger partial charge in [-0.1, -0.05) is 24.3 Å². The van der Waals surface area contributed by atoms with E-state index < -0.39 is 0 Å². The number of thiazole rings is 1. The Hall–Kier alpha value is -3.07. The summed E-state index contributed by atoms with van der Waals surface area (Å²) in [5, 5.41) is 5.98. The normalized spacial score (nSPS) is 15.4. The molecule has 178 valence electrons. The molecule has 1 saturated heterocycles. The second-order valence-corrected chi connectivity index (χ2v) is 9.08. The molecule has 0 aliphatic carbocycles. The standard InChI is InChI=1S/C26H28FN3O3S/c1-19-29-23(18-34-19)17-33-24-4-2-3-20(15-24)5-10-26(31)28-16-25(30-11-13-32-14-12-30)21-6-8-22(27)9-7-21/h2-10,15,18,25H,11-14,16-17H2,1H3,(H,28,31)/b10-5+. The Morgan fingerprint density at radius 3 is 2.79 bits per heavy atom. The van der Waals surface area contributed by atoms with Crippen molar-refractivity contribution in [2.24, 2.45) is 0 Å². The number of ether oxygens (including phenoxy) is 2. The van der Waals surface area contributed by atoms with Crippen molar-refractivity contribution >= 4 is 23.3 Å². The predicted molar refractivity (Wildman–Crippen MR) is 131 cm³/mol. The van der Waals surface area contributed by atoms with Crippen LogP contribution < -0.4 is 10.1 Å². The second kappa shape index (κ2) is 11.9. The molecule has 0 spiro atoms. The van der Waals surface area contributed by atoms with Crippen LogP contribution in [0.1, 0.15) is 27.9 Å². The molecule has 8 heteroatoms. The number of aromatic nitrogens is 1. The van der Waals surface area contributed by atoms with Crippen LogP contribution in [0.4, 0.5) is 4.39 Å². The van der Waals surface area contributed by atoms with Crippen molar-refractivity contribution in [2.75, 3.05) is 32.8 Å². The second-order valence-electron chi connectivity index (χ2n) is 8.01. The minimum absolute atomic E-state index is 0.0482. The number of nitrogens with zero attached hydrogens (tertiary/aromatic N) is 2. The van der Waals surface area contributed by atoms with Crippen LogP contribution in [0.3, 0.4) is 0 Å². The van der Waals surface area contributed by atoms with Gasteiger partial charge in [-0.15, -0.1) is 11.3 Å². The first-order chi connectivity index (χ1) is 16.6. The van der Waals surface area contributed by atoms with Crippen LogP contribution in [0.15, 0.2) is 60.0 Å². The number of hydrogen-bond donors (Lipinski definition) is 1. The molecule has 1 unspecified atom stereocenters. The summed E-state index contributed by atoms with van der Waals surface area (Å²) in [6, 6.07) is 14.0. The van der Waals surface area contributed by atoms with E-state index in [0.29, 0.717) is 26.4 Å². The summed E-state index contributed by atoms with van der Waals surface area (Å²) < 4.78 is 24.7. The summed E-state index contributed by atoms with van der Waals surface area (Å²) in [4.78, 5) is 19.2. The minimum Gasteiger partial charge on any atom is -0.487 e. The van der Waals surface area contributed by atoms with Gasteiger partial charge in [0.25, 0.3) is 0 Å². The minimum atomic E-state index is -0.274. The van der Waals surface area contributed by atoms with Gasteiger partial charge in [-0.2, -0.15) is 0 Å². The maximum absolute atomic E-state index is 13.4. The Bertz CT molecular complexity index is 1110. The summed E-state index contributed by atoms with van der Waals surface area (Å²) >= 11 is 1.60. The molecule has 1 aliphatic rings. The molecule has 1 aliphatic heterocycles. The summed E-state index contributed by atoms with van der Waals surface area (Å²) in [7, 11) is 0. The van der Waals surface area contributed by atoms with Crippen molar-refractivity contribution in [3.8, 4) is 5.75 Å². The smallest absolute Gasteiger partial charge is 0.244 e. The van der Waals surface area contributed by atoms with E-state index >= 15 is 0 Å². The van der Waals surface area contributed by atoms with Crippen molar-refractivity contribution < 1.29 is 18.7 Å². The SMILES string of the molecule is Cc1nc(COc2cccc(/C=C/C(=O)NCC(c3ccc(F)cc3)N3CCOCC3)c2)cs1. The van der Waals surface area contributed by atoms with Crippen LogP contribution in [0.2, 0.25) is 0 Å². The van der Waals surface area contributed by atoms with E-state index in [9.17, 15) is 9.18 Å². The van der Waals surface area contributed by atoms with E-state index in [2.05, 4.69) is 15.2 Å². The van der Waals surface area contributed by atoms with E-state index in [1.165, 1.54) is 18.2 Å². The van der Waals surface area contributed by atoms with Gasteiger partial charge in [-0.3, -0.25) is 9.69 Å². The molecular weight excluding hydrogens is 453 g/mol. The summed E-state index contributed by atoms with van der Waals surface area (Å²) in [5.41, 5.74) is 2.73. The molecule has 1 fully saturated rings. The van der Waals surface area contributed by atoms with Gasteiger partial charge in [0.2, 0.25) is 5.91 Å². The largest absolute Gasteiger partial charge is 0.487 e. The van der Waals surface area contributed by atoms with E-state index in [-0.39, 0.29) is 17.8 Å². The van der Waals surface area contributed by atoms with Gasteiger partial charge >= 0.3 is 0 Å². The number of morpholine rings is 1. The molecule has 1 aromatic heterocycles. The molecule has 3 aromatic rings. The molecule has 1 amide bonds. The van der Waals surface area contributed by atoms with E-state index in [0.717, 1.165) is 40.7 Å². The lowest BCUT2D eigenvalue weighted by molar-refractivity contribution is -0.116. The summed E-state index contributed by atoms with van der Waals surface area (Å²) in [6.07, 6.45) is 3.28. The summed E-state index contributed by atoms with van der Waals surface area (Å²) in [6.45, 7) is 5.61. The lowest BCUT2D eigenvalue weighted by Gasteiger charge is -2.34. The van der Waals surface area contributed by atoms with Gasteiger partial charge < -0.3 is 14.8 Å². The fourth-order valence-corrected chi connectivity index (χ4v) is 4.40. The van der Waals surface area contributed by atoms with Crippen molar-refractivity contribution in [3.63, 3.8) is 0 Å².